The van der Waals surface area contributed by atoms with Crippen molar-refractivity contribution in [2.75, 3.05) is 11.3 Å². The molecule has 0 spiro atoms. The lowest BCUT2D eigenvalue weighted by Crippen LogP contribution is -2.18. The van der Waals surface area contributed by atoms with Crippen LogP contribution in [-0.4, -0.2) is 25.2 Å². The lowest BCUT2D eigenvalue weighted by atomic mass is 10.3. The van der Waals surface area contributed by atoms with Crippen LogP contribution in [0.1, 0.15) is 23.8 Å². The number of sulfonamides is 1. The summed E-state index contributed by atoms with van der Waals surface area (Å²) in [4.78, 5) is 1.16. The molecule has 0 radical (unpaired) electrons. The summed E-state index contributed by atoms with van der Waals surface area (Å²) in [7, 11) is -3.61. The molecule has 2 aromatic rings. The third-order valence-corrected chi connectivity index (χ3v) is 6.09. The number of thiophene rings is 1. The maximum Gasteiger partial charge on any atom is 0.265 e. The van der Waals surface area contributed by atoms with Crippen LogP contribution in [-0.2, 0) is 16.6 Å². The quantitative estimate of drug-likeness (QED) is 0.760. The van der Waals surface area contributed by atoms with E-state index in [-0.39, 0.29) is 5.13 Å². The van der Waals surface area contributed by atoms with E-state index >= 15 is 0 Å². The second kappa shape index (κ2) is 6.61. The third kappa shape index (κ3) is 3.54. The zero-order valence-corrected chi connectivity index (χ0v) is 13.7. The molecule has 0 atom stereocenters. The molecule has 0 fully saturated rings. The minimum absolute atomic E-state index is 0.281. The predicted molar refractivity (Wildman–Crippen MR) is 81.8 cm³/mol. The fourth-order valence-corrected chi connectivity index (χ4v) is 5.21. The first kappa shape index (κ1) is 15.4. The second-order valence-electron chi connectivity index (χ2n) is 4.20. The van der Waals surface area contributed by atoms with Crippen LogP contribution in [0.4, 0.5) is 5.13 Å². The monoisotopic (exact) mass is 332 g/mol. The van der Waals surface area contributed by atoms with Gasteiger partial charge in [0.1, 0.15) is 10.4 Å². The van der Waals surface area contributed by atoms with Crippen molar-refractivity contribution in [2.24, 2.45) is 0 Å². The van der Waals surface area contributed by atoms with Crippen LogP contribution >= 0.6 is 22.7 Å². The third-order valence-electron chi connectivity index (χ3n) is 2.55. The summed E-state index contributed by atoms with van der Waals surface area (Å²) in [6, 6.07) is 0. The Morgan fingerprint density at radius 3 is 2.80 bits per heavy atom. The normalized spacial score (nSPS) is 11.7. The molecule has 0 saturated heterocycles. The number of hydrogen-bond donors (Lipinski definition) is 2. The maximum atomic E-state index is 12.4. The molecule has 0 aliphatic heterocycles. The first-order chi connectivity index (χ1) is 9.54. The minimum atomic E-state index is -3.61. The smallest absolute Gasteiger partial charge is 0.265 e. The number of nitrogens with one attached hydrogen (secondary N) is 2. The molecule has 0 bridgehead atoms. The van der Waals surface area contributed by atoms with Crippen LogP contribution in [0.25, 0.3) is 0 Å². The molecule has 0 amide bonds. The SMILES string of the molecule is CCCNCc1scc(C)c1S(=O)(=O)Nc1nncs1. The zero-order chi connectivity index (χ0) is 14.6. The van der Waals surface area contributed by atoms with Crippen LogP contribution < -0.4 is 10.0 Å². The van der Waals surface area contributed by atoms with Crippen molar-refractivity contribution in [1.29, 1.82) is 0 Å². The summed E-state index contributed by atoms with van der Waals surface area (Å²) in [5, 5.41) is 12.7. The summed E-state index contributed by atoms with van der Waals surface area (Å²) in [5.41, 5.74) is 2.24. The van der Waals surface area contributed by atoms with Gasteiger partial charge in [0.2, 0.25) is 5.13 Å². The molecule has 0 aromatic carbocycles. The van der Waals surface area contributed by atoms with E-state index in [1.807, 2.05) is 5.38 Å². The Kier molecular flexibility index (Phi) is 5.08. The molecular weight excluding hydrogens is 316 g/mol. The topological polar surface area (TPSA) is 84.0 Å². The standard InChI is InChI=1S/C11H16N4O2S3/c1-3-4-12-5-9-10(8(2)6-18-9)20(16,17)15-11-14-13-7-19-11/h6-7,12H,3-5H2,1-2H3,(H,14,15). The van der Waals surface area contributed by atoms with Gasteiger partial charge >= 0.3 is 0 Å². The summed E-state index contributed by atoms with van der Waals surface area (Å²) in [6.07, 6.45) is 1.01. The number of aryl methyl sites for hydroxylation is 1. The molecular formula is C11H16N4O2S3. The highest BCUT2D eigenvalue weighted by Gasteiger charge is 2.23. The molecule has 2 rings (SSSR count). The van der Waals surface area contributed by atoms with Gasteiger partial charge in [0.15, 0.2) is 0 Å². The van der Waals surface area contributed by atoms with E-state index in [9.17, 15) is 8.42 Å². The summed E-state index contributed by atoms with van der Waals surface area (Å²) >= 11 is 2.61. The van der Waals surface area contributed by atoms with Gasteiger partial charge in [-0.2, -0.15) is 0 Å². The maximum absolute atomic E-state index is 12.4. The molecule has 9 heteroatoms. The Morgan fingerprint density at radius 1 is 1.35 bits per heavy atom. The van der Waals surface area contributed by atoms with E-state index in [1.165, 1.54) is 16.8 Å². The van der Waals surface area contributed by atoms with Crippen molar-refractivity contribution in [1.82, 2.24) is 15.5 Å². The van der Waals surface area contributed by atoms with E-state index in [4.69, 9.17) is 0 Å². The van der Waals surface area contributed by atoms with Crippen molar-refractivity contribution in [3.63, 3.8) is 0 Å². The van der Waals surface area contributed by atoms with Crippen molar-refractivity contribution in [3.05, 3.63) is 21.3 Å². The van der Waals surface area contributed by atoms with Crippen molar-refractivity contribution in [2.45, 2.75) is 31.7 Å². The summed E-state index contributed by atoms with van der Waals surface area (Å²) < 4.78 is 27.4. The summed E-state index contributed by atoms with van der Waals surface area (Å²) in [6.45, 7) is 5.29. The van der Waals surface area contributed by atoms with Gasteiger partial charge in [-0.15, -0.1) is 21.5 Å². The van der Waals surface area contributed by atoms with Crippen molar-refractivity contribution >= 4 is 37.8 Å². The van der Waals surface area contributed by atoms with Gasteiger partial charge in [0, 0.05) is 11.4 Å². The highest BCUT2D eigenvalue weighted by atomic mass is 32.2. The molecule has 2 aromatic heterocycles. The first-order valence-corrected chi connectivity index (χ1v) is 9.35. The van der Waals surface area contributed by atoms with Gasteiger partial charge in [-0.1, -0.05) is 18.3 Å². The van der Waals surface area contributed by atoms with Gasteiger partial charge < -0.3 is 5.32 Å². The zero-order valence-electron chi connectivity index (χ0n) is 11.2. The molecule has 20 heavy (non-hydrogen) atoms. The lowest BCUT2D eigenvalue weighted by Gasteiger charge is -2.08. The van der Waals surface area contributed by atoms with Gasteiger partial charge in [-0.05, 0) is 30.8 Å². The van der Waals surface area contributed by atoms with E-state index in [2.05, 4.69) is 27.2 Å². The first-order valence-electron chi connectivity index (χ1n) is 6.11. The van der Waals surface area contributed by atoms with Crippen LogP contribution in [0.3, 0.4) is 0 Å². The molecule has 0 unspecified atom stereocenters. The summed E-state index contributed by atoms with van der Waals surface area (Å²) in [5.74, 6) is 0. The second-order valence-corrected chi connectivity index (χ2v) is 7.61. The van der Waals surface area contributed by atoms with Crippen molar-refractivity contribution < 1.29 is 8.42 Å². The fraction of sp³-hybridized carbons (Fsp3) is 0.455. The van der Waals surface area contributed by atoms with Crippen molar-refractivity contribution in [3.8, 4) is 0 Å². The Bertz CT molecular complexity index is 649. The van der Waals surface area contributed by atoms with Gasteiger partial charge in [0.05, 0.1) is 0 Å². The molecule has 0 aliphatic rings. The fourth-order valence-electron chi connectivity index (χ4n) is 1.73. The Balaban J connectivity index is 2.24. The average Bonchev–Trinajstić information content (AvgIpc) is 2.99. The highest BCUT2D eigenvalue weighted by Crippen LogP contribution is 2.28. The molecule has 110 valence electrons. The average molecular weight is 332 g/mol. The number of hydrogen-bond acceptors (Lipinski definition) is 7. The van der Waals surface area contributed by atoms with Crippen LogP contribution in [0, 0.1) is 6.92 Å². The predicted octanol–water partition coefficient (Wildman–Crippen LogP) is 2.21. The van der Waals surface area contributed by atoms with Gasteiger partial charge in [-0.3, -0.25) is 4.72 Å². The lowest BCUT2D eigenvalue weighted by molar-refractivity contribution is 0.598. The molecule has 2 heterocycles. The largest absolute Gasteiger partial charge is 0.312 e. The van der Waals surface area contributed by atoms with Gasteiger partial charge in [-0.25, -0.2) is 8.42 Å². The Hall–Kier alpha value is -1.03. The Morgan fingerprint density at radius 2 is 2.15 bits per heavy atom. The number of aromatic nitrogens is 2. The number of rotatable bonds is 7. The van der Waals surface area contributed by atoms with Gasteiger partial charge in [0.25, 0.3) is 10.0 Å². The number of anilines is 1. The van der Waals surface area contributed by atoms with Crippen LogP contribution in [0.15, 0.2) is 15.8 Å². The highest BCUT2D eigenvalue weighted by molar-refractivity contribution is 7.93. The van der Waals surface area contributed by atoms with E-state index in [0.29, 0.717) is 11.4 Å². The number of nitrogens with zero attached hydrogens (tertiary/aromatic N) is 2. The minimum Gasteiger partial charge on any atom is -0.312 e. The molecule has 2 N–H and O–H groups in total. The van der Waals surface area contributed by atoms with E-state index < -0.39 is 10.0 Å². The molecule has 6 nitrogen and oxygen atoms in total. The van der Waals surface area contributed by atoms with E-state index in [1.54, 1.807) is 6.92 Å². The Labute approximate surface area is 126 Å². The molecule has 0 saturated carbocycles. The van der Waals surface area contributed by atoms with Crippen LogP contribution in [0.5, 0.6) is 0 Å². The molecule has 0 aliphatic carbocycles. The van der Waals surface area contributed by atoms with E-state index in [0.717, 1.165) is 34.7 Å². The van der Waals surface area contributed by atoms with Crippen LogP contribution in [0.2, 0.25) is 0 Å².